The predicted molar refractivity (Wildman–Crippen MR) is 275 cm³/mol. The van der Waals surface area contributed by atoms with Gasteiger partial charge in [0.15, 0.2) is 6.10 Å². The zero-order valence-corrected chi connectivity index (χ0v) is 43.8. The van der Waals surface area contributed by atoms with E-state index in [4.69, 9.17) is 14.2 Å². The van der Waals surface area contributed by atoms with Crippen LogP contribution in [0.5, 0.6) is 0 Å². The van der Waals surface area contributed by atoms with Crippen LogP contribution in [0.3, 0.4) is 0 Å². The van der Waals surface area contributed by atoms with Crippen molar-refractivity contribution in [2.75, 3.05) is 13.2 Å². The van der Waals surface area contributed by atoms with Crippen molar-refractivity contribution in [3.8, 4) is 0 Å². The van der Waals surface area contributed by atoms with Gasteiger partial charge in [0.1, 0.15) is 13.2 Å². The van der Waals surface area contributed by atoms with E-state index < -0.39 is 6.10 Å². The van der Waals surface area contributed by atoms with Crippen molar-refractivity contribution in [1.29, 1.82) is 0 Å². The topological polar surface area (TPSA) is 78.9 Å². The minimum absolute atomic E-state index is 0.0623. The molecule has 0 aromatic rings. The van der Waals surface area contributed by atoms with E-state index in [1.807, 2.05) is 0 Å². The van der Waals surface area contributed by atoms with Crippen LogP contribution in [0.25, 0.3) is 0 Å². The molecule has 0 aliphatic rings. The van der Waals surface area contributed by atoms with Crippen LogP contribution < -0.4 is 0 Å². The second-order valence-corrected chi connectivity index (χ2v) is 20.2. The predicted octanol–water partition coefficient (Wildman–Crippen LogP) is 19.0. The highest BCUT2D eigenvalue weighted by Gasteiger charge is 2.19. The van der Waals surface area contributed by atoms with Crippen molar-refractivity contribution in [1.82, 2.24) is 0 Å². The lowest BCUT2D eigenvalue weighted by molar-refractivity contribution is -0.167. The molecule has 6 nitrogen and oxygen atoms in total. The molecule has 0 N–H and O–H groups in total. The standard InChI is InChI=1S/C58H112O6/c1-5-8-10-12-14-16-18-20-22-24-26-28-30-32-37-41-45-49-56(59)62-52-55(53-63-57(60)50-46-42-38-35-34-36-40-44-48-54(4)7-3)64-58(61)51-47-43-39-33-31-29-27-25-23-21-19-17-15-13-11-9-6-2/h54-55H,5-53H2,1-4H3/t54?,55-/m0/s1. The van der Waals surface area contributed by atoms with Crippen molar-refractivity contribution >= 4 is 17.9 Å². The zero-order chi connectivity index (χ0) is 46.7. The molecule has 64 heavy (non-hydrogen) atoms. The fourth-order valence-corrected chi connectivity index (χ4v) is 8.89. The zero-order valence-electron chi connectivity index (χ0n) is 43.8. The molecule has 0 saturated heterocycles. The largest absolute Gasteiger partial charge is 0.462 e. The maximum Gasteiger partial charge on any atom is 0.306 e. The van der Waals surface area contributed by atoms with Crippen molar-refractivity contribution in [2.45, 2.75) is 336 Å². The number of hydrogen-bond donors (Lipinski definition) is 0. The van der Waals surface area contributed by atoms with Gasteiger partial charge < -0.3 is 14.2 Å². The molecule has 0 spiro atoms. The monoisotopic (exact) mass is 905 g/mol. The summed E-state index contributed by atoms with van der Waals surface area (Å²) in [5.41, 5.74) is 0. The van der Waals surface area contributed by atoms with Crippen LogP contribution in [-0.2, 0) is 28.6 Å². The Bertz CT molecular complexity index is 966. The third kappa shape index (κ3) is 49.8. The number of rotatable bonds is 53. The van der Waals surface area contributed by atoms with Gasteiger partial charge in [-0.2, -0.15) is 0 Å². The van der Waals surface area contributed by atoms with E-state index in [0.29, 0.717) is 19.3 Å². The Labute approximate surface area is 399 Å². The fraction of sp³-hybridized carbons (Fsp3) is 0.948. The molecule has 0 heterocycles. The van der Waals surface area contributed by atoms with Crippen LogP contribution in [-0.4, -0.2) is 37.2 Å². The summed E-state index contributed by atoms with van der Waals surface area (Å²) in [6.45, 7) is 9.06. The van der Waals surface area contributed by atoms with Crippen molar-refractivity contribution in [3.63, 3.8) is 0 Å². The summed E-state index contributed by atoms with van der Waals surface area (Å²) in [6.07, 6.45) is 56.6. The fourth-order valence-electron chi connectivity index (χ4n) is 8.89. The first kappa shape index (κ1) is 62.4. The van der Waals surface area contributed by atoms with Gasteiger partial charge in [0, 0.05) is 19.3 Å². The van der Waals surface area contributed by atoms with Gasteiger partial charge >= 0.3 is 17.9 Å². The number of hydrogen-bond acceptors (Lipinski definition) is 6. The number of ether oxygens (including phenoxy) is 3. The molecular weight excluding hydrogens is 793 g/mol. The molecule has 0 aromatic carbocycles. The summed E-state index contributed by atoms with van der Waals surface area (Å²) in [6, 6.07) is 0. The molecule has 2 atom stereocenters. The third-order valence-corrected chi connectivity index (χ3v) is 13.7. The van der Waals surface area contributed by atoms with E-state index in [1.165, 1.54) is 225 Å². The highest BCUT2D eigenvalue weighted by Crippen LogP contribution is 2.18. The van der Waals surface area contributed by atoms with E-state index >= 15 is 0 Å². The summed E-state index contributed by atoms with van der Waals surface area (Å²) in [5.74, 6) is 0.0102. The average Bonchev–Trinajstić information content (AvgIpc) is 3.29. The Morgan fingerprint density at radius 3 is 0.812 bits per heavy atom. The molecule has 0 amide bonds. The molecular formula is C58H112O6. The normalized spacial score (nSPS) is 12.4. The van der Waals surface area contributed by atoms with Crippen LogP contribution in [0, 0.1) is 5.92 Å². The Morgan fingerprint density at radius 2 is 0.547 bits per heavy atom. The molecule has 0 rings (SSSR count). The van der Waals surface area contributed by atoms with Crippen LogP contribution in [0.1, 0.15) is 329 Å². The quantitative estimate of drug-likeness (QED) is 0.0344. The maximum absolute atomic E-state index is 12.8. The molecule has 380 valence electrons. The Kier molecular flexibility index (Phi) is 51.1. The van der Waals surface area contributed by atoms with Gasteiger partial charge in [-0.3, -0.25) is 14.4 Å². The summed E-state index contributed by atoms with van der Waals surface area (Å²) in [4.78, 5) is 38.1. The van der Waals surface area contributed by atoms with Gasteiger partial charge in [0.05, 0.1) is 0 Å². The van der Waals surface area contributed by atoms with Crippen LogP contribution in [0.2, 0.25) is 0 Å². The van der Waals surface area contributed by atoms with Gasteiger partial charge in [-0.05, 0) is 25.2 Å². The second-order valence-electron chi connectivity index (χ2n) is 20.2. The number of carbonyl (C=O) groups excluding carboxylic acids is 3. The minimum Gasteiger partial charge on any atom is -0.462 e. The number of unbranched alkanes of at least 4 members (excludes halogenated alkanes) is 39. The van der Waals surface area contributed by atoms with E-state index in [1.54, 1.807) is 0 Å². The van der Waals surface area contributed by atoms with Crippen molar-refractivity contribution in [3.05, 3.63) is 0 Å². The average molecular weight is 906 g/mol. The maximum atomic E-state index is 12.8. The van der Waals surface area contributed by atoms with Crippen LogP contribution in [0.4, 0.5) is 0 Å². The number of carbonyl (C=O) groups is 3. The molecule has 1 unspecified atom stereocenters. The first-order valence-corrected chi connectivity index (χ1v) is 28.9. The van der Waals surface area contributed by atoms with E-state index in [2.05, 4.69) is 27.7 Å². The summed E-state index contributed by atoms with van der Waals surface area (Å²) < 4.78 is 16.9. The van der Waals surface area contributed by atoms with E-state index in [9.17, 15) is 14.4 Å². The molecule has 0 aromatic heterocycles. The van der Waals surface area contributed by atoms with Crippen molar-refractivity contribution < 1.29 is 28.6 Å². The first-order valence-electron chi connectivity index (χ1n) is 28.9. The minimum atomic E-state index is -0.762. The van der Waals surface area contributed by atoms with Gasteiger partial charge in [-0.1, -0.05) is 291 Å². The molecule has 0 aliphatic carbocycles. The summed E-state index contributed by atoms with van der Waals surface area (Å²) in [5, 5.41) is 0. The van der Waals surface area contributed by atoms with Gasteiger partial charge in [-0.25, -0.2) is 0 Å². The summed E-state index contributed by atoms with van der Waals surface area (Å²) >= 11 is 0. The summed E-state index contributed by atoms with van der Waals surface area (Å²) in [7, 11) is 0. The molecule has 0 radical (unpaired) electrons. The lowest BCUT2D eigenvalue weighted by atomic mass is 9.99. The van der Waals surface area contributed by atoms with E-state index in [0.717, 1.165) is 63.7 Å². The molecule has 0 fully saturated rings. The lowest BCUT2D eigenvalue weighted by Crippen LogP contribution is -2.30. The van der Waals surface area contributed by atoms with Gasteiger partial charge in [0.25, 0.3) is 0 Å². The highest BCUT2D eigenvalue weighted by atomic mass is 16.6. The third-order valence-electron chi connectivity index (χ3n) is 13.7. The van der Waals surface area contributed by atoms with E-state index in [-0.39, 0.29) is 31.1 Å². The van der Waals surface area contributed by atoms with Crippen LogP contribution >= 0.6 is 0 Å². The molecule has 6 heteroatoms. The molecule has 0 bridgehead atoms. The SMILES string of the molecule is CCCCCCCCCCCCCCCCCCCC(=O)OC[C@@H](COC(=O)CCCCCCCCCCC(C)CC)OC(=O)CCCCCCCCCCCCCCCCCCC. The smallest absolute Gasteiger partial charge is 0.306 e. The molecule has 0 saturated carbocycles. The highest BCUT2D eigenvalue weighted by molar-refractivity contribution is 5.71. The Hall–Kier alpha value is -1.59. The van der Waals surface area contributed by atoms with Gasteiger partial charge in [-0.15, -0.1) is 0 Å². The first-order chi connectivity index (χ1) is 31.4. The Morgan fingerprint density at radius 1 is 0.312 bits per heavy atom. The van der Waals surface area contributed by atoms with Crippen LogP contribution in [0.15, 0.2) is 0 Å². The molecule has 0 aliphatic heterocycles. The van der Waals surface area contributed by atoms with Gasteiger partial charge in [0.2, 0.25) is 0 Å². The number of esters is 3. The van der Waals surface area contributed by atoms with Crippen molar-refractivity contribution in [2.24, 2.45) is 5.92 Å². The second kappa shape index (κ2) is 52.4. The lowest BCUT2D eigenvalue weighted by Gasteiger charge is -2.18. The Balaban J connectivity index is 4.28.